The van der Waals surface area contributed by atoms with Gasteiger partial charge in [-0.25, -0.2) is 0 Å². The van der Waals surface area contributed by atoms with Crippen LogP contribution in [0.25, 0.3) is 22.3 Å². The van der Waals surface area contributed by atoms with Crippen LogP contribution in [0.2, 0.25) is 0 Å². The van der Waals surface area contributed by atoms with Crippen molar-refractivity contribution in [3.63, 3.8) is 0 Å². The highest BCUT2D eigenvalue weighted by Gasteiger charge is 2.20. The molecule has 1 aliphatic heterocycles. The number of nitrogens with one attached hydrogen (secondary N) is 4. The van der Waals surface area contributed by atoms with Gasteiger partial charge in [-0.1, -0.05) is 84.9 Å². The van der Waals surface area contributed by atoms with Gasteiger partial charge >= 0.3 is 29.0 Å². The molecule has 8 bridgehead atoms. The summed E-state index contributed by atoms with van der Waals surface area (Å²) in [7, 11) is -4.25. The molecule has 291 valence electrons. The standard InChI is InChI=1S/C44H35B4N4O8/c53-45-60-32-15-7-28(8-16-32)44-39-23-21-37(51-39)42(26-3-11-30(12-4-26)47(56)57)35-19-17-33(49-35)41(25-1-9-29(10-2-25)46(54)55)34-18-20-36(50-34)43(38-22-24-40(44)52-38)27-5-13-31(14-6-27)48(58)59/h1-24,49-59H. The van der Waals surface area contributed by atoms with Crippen LogP contribution in [0, 0.1) is 0 Å². The summed E-state index contributed by atoms with van der Waals surface area (Å²) in [5.41, 5.74) is 10.6. The molecule has 60 heavy (non-hydrogen) atoms. The molecule has 9 rings (SSSR count). The van der Waals surface area contributed by atoms with Crippen LogP contribution in [-0.4, -0.2) is 84.1 Å². The van der Waals surface area contributed by atoms with E-state index >= 15 is 0 Å². The molecular weight excluding hydrogens is 756 g/mol. The molecule has 0 spiro atoms. The van der Waals surface area contributed by atoms with Crippen molar-refractivity contribution in [2.24, 2.45) is 0 Å². The molecule has 0 atom stereocenters. The molecule has 1 aliphatic rings. The van der Waals surface area contributed by atoms with Gasteiger partial charge in [0.25, 0.3) is 0 Å². The minimum Gasteiger partial charge on any atom is -0.537 e. The number of hydrogen-bond acceptors (Lipinski definition) is 8. The first-order valence-corrected chi connectivity index (χ1v) is 19.0. The van der Waals surface area contributed by atoms with E-state index in [1.54, 1.807) is 48.5 Å². The molecule has 0 fully saturated rings. The minimum absolute atomic E-state index is 0.347. The van der Waals surface area contributed by atoms with Gasteiger partial charge in [0.2, 0.25) is 0 Å². The number of aromatic amines is 4. The van der Waals surface area contributed by atoms with Gasteiger partial charge in [0.1, 0.15) is 5.75 Å². The highest BCUT2D eigenvalue weighted by atomic mass is 16.5. The Kier molecular flexibility index (Phi) is 10.4. The lowest BCUT2D eigenvalue weighted by molar-refractivity contribution is 0.424. The van der Waals surface area contributed by atoms with E-state index in [4.69, 9.17) is 4.65 Å². The molecule has 0 aliphatic carbocycles. The molecule has 0 amide bonds. The van der Waals surface area contributed by atoms with Crippen LogP contribution in [0.1, 0.15) is 45.0 Å². The molecular formula is C44H35B4N4O8. The lowest BCUT2D eigenvalue weighted by atomic mass is 9.79. The Morgan fingerprint density at radius 3 is 0.850 bits per heavy atom. The normalized spacial score (nSPS) is 12.4. The van der Waals surface area contributed by atoms with Gasteiger partial charge in [0.15, 0.2) is 0 Å². The van der Waals surface area contributed by atoms with E-state index in [0.717, 1.165) is 88.7 Å². The van der Waals surface area contributed by atoms with Gasteiger partial charge in [0, 0.05) is 66.5 Å². The fourth-order valence-corrected chi connectivity index (χ4v) is 7.80. The third kappa shape index (κ3) is 7.40. The Morgan fingerprint density at radius 1 is 0.333 bits per heavy atom. The zero-order chi connectivity index (χ0) is 41.5. The van der Waals surface area contributed by atoms with Gasteiger partial charge in [0.05, 0.1) is 0 Å². The van der Waals surface area contributed by atoms with Crippen LogP contribution < -0.4 is 42.4 Å². The van der Waals surface area contributed by atoms with Gasteiger partial charge in [-0.3, -0.25) is 0 Å². The summed E-state index contributed by atoms with van der Waals surface area (Å²) < 4.78 is 5.22. The number of fused-ring (bicyclic) bond motifs is 8. The van der Waals surface area contributed by atoms with Crippen LogP contribution in [0.15, 0.2) is 146 Å². The predicted molar refractivity (Wildman–Crippen MR) is 232 cm³/mol. The second-order valence-corrected chi connectivity index (χ2v) is 14.4. The van der Waals surface area contributed by atoms with E-state index in [2.05, 4.69) is 19.9 Å². The van der Waals surface area contributed by atoms with Gasteiger partial charge < -0.3 is 59.8 Å². The Hall–Kier alpha value is -6.74. The maximum Gasteiger partial charge on any atom is 0.569 e. The molecule has 12 nitrogen and oxygen atoms in total. The highest BCUT2D eigenvalue weighted by Crippen LogP contribution is 2.28. The Bertz CT molecular complexity index is 3080. The molecule has 0 unspecified atom stereocenters. The predicted octanol–water partition coefficient (Wildman–Crippen LogP) is -1.75. The molecule has 11 N–H and O–H groups in total. The van der Waals surface area contributed by atoms with E-state index in [1.165, 1.54) is 0 Å². The number of rotatable bonds is 9. The summed E-state index contributed by atoms with van der Waals surface area (Å²) in [5, 5.41) is 71.7. The highest BCUT2D eigenvalue weighted by molar-refractivity contribution is 6.59. The topological polar surface area (TPSA) is 214 Å². The summed E-state index contributed by atoms with van der Waals surface area (Å²) in [6.07, 6.45) is 0. The zero-order valence-corrected chi connectivity index (χ0v) is 31.7. The first-order valence-electron chi connectivity index (χ1n) is 19.0. The second kappa shape index (κ2) is 16.1. The van der Waals surface area contributed by atoms with Crippen molar-refractivity contribution < 1.29 is 39.8 Å². The Morgan fingerprint density at radius 2 is 0.600 bits per heavy atom. The number of H-pyrrole nitrogens is 4. The fraction of sp³-hybridized carbons (Fsp3) is 0. The van der Waals surface area contributed by atoms with Crippen LogP contribution >= 0.6 is 0 Å². The summed E-state index contributed by atoms with van der Waals surface area (Å²) in [6, 6.07) is 44.3. The number of benzene rings is 4. The van der Waals surface area contributed by atoms with E-state index < -0.39 is 21.4 Å². The zero-order valence-electron chi connectivity index (χ0n) is 31.7. The molecule has 4 aromatic heterocycles. The molecule has 0 saturated carbocycles. The summed E-state index contributed by atoms with van der Waals surface area (Å²) in [4.78, 5) is 14.7. The quantitative estimate of drug-likeness (QED) is 0.0753. The van der Waals surface area contributed by atoms with Crippen LogP contribution in [0.4, 0.5) is 0 Å². The number of aromatic nitrogens is 4. The lowest BCUT2D eigenvalue weighted by Crippen LogP contribution is -2.29. The first-order chi connectivity index (χ1) is 29.1. The van der Waals surface area contributed by atoms with E-state index in [1.807, 2.05) is 97.1 Å². The number of hydrogen-bond donors (Lipinski definition) is 11. The van der Waals surface area contributed by atoms with E-state index in [9.17, 15) is 35.2 Å². The van der Waals surface area contributed by atoms with Crippen molar-refractivity contribution in [1.82, 2.24) is 19.9 Å². The van der Waals surface area contributed by atoms with Crippen molar-refractivity contribution in [3.05, 3.63) is 212 Å². The maximum absolute atomic E-state index is 9.90. The molecule has 0 saturated heterocycles. The van der Waals surface area contributed by atoms with Gasteiger partial charge in [-0.15, -0.1) is 0 Å². The van der Waals surface area contributed by atoms with E-state index in [-0.39, 0.29) is 0 Å². The monoisotopic (exact) mass is 791 g/mol. The van der Waals surface area contributed by atoms with Gasteiger partial charge in [-0.05, 0) is 99.3 Å². The summed E-state index contributed by atoms with van der Waals surface area (Å²) >= 11 is 0. The third-order valence-corrected chi connectivity index (χ3v) is 10.7. The largest absolute Gasteiger partial charge is 0.569 e. The average Bonchev–Trinajstić information content (AvgIpc) is 4.10. The maximum atomic E-state index is 9.90. The van der Waals surface area contributed by atoms with Crippen molar-refractivity contribution in [2.45, 2.75) is 0 Å². The third-order valence-electron chi connectivity index (χ3n) is 10.7. The molecule has 1 radical (unpaired) electrons. The molecule has 5 heterocycles. The molecule has 4 aromatic carbocycles. The van der Waals surface area contributed by atoms with Crippen molar-refractivity contribution >= 4 is 67.7 Å². The SMILES string of the molecule is O[B]Oc1ccc(C2=c3ccc([nH]3)=C(c3ccc(B(O)O)cc3)c3ccc([nH]3)C(c3ccc(B(O)O)cc3)=c3ccc([nH]3)=C(c3ccc(B(O)O)cc3)c3ccc2[nH]3)cc1. The van der Waals surface area contributed by atoms with Crippen molar-refractivity contribution in [2.75, 3.05) is 0 Å². The summed E-state index contributed by atoms with van der Waals surface area (Å²) in [6.45, 7) is 0. The van der Waals surface area contributed by atoms with Crippen LogP contribution in [0.3, 0.4) is 0 Å². The molecule has 16 heteroatoms. The van der Waals surface area contributed by atoms with Crippen LogP contribution in [0.5, 0.6) is 5.75 Å². The second-order valence-electron chi connectivity index (χ2n) is 14.4. The van der Waals surface area contributed by atoms with Crippen LogP contribution in [-0.2, 0) is 0 Å². The minimum atomic E-state index is -1.63. The van der Waals surface area contributed by atoms with E-state index in [0.29, 0.717) is 29.8 Å². The summed E-state index contributed by atoms with van der Waals surface area (Å²) in [5.74, 6) is 0.455. The lowest BCUT2D eigenvalue weighted by Gasteiger charge is -2.11. The Balaban J connectivity index is 1.38. The van der Waals surface area contributed by atoms with Gasteiger partial charge in [-0.2, -0.15) is 0 Å². The average molecular weight is 791 g/mol. The van der Waals surface area contributed by atoms with Crippen molar-refractivity contribution in [3.8, 4) is 5.75 Å². The smallest absolute Gasteiger partial charge is 0.537 e. The fourth-order valence-electron chi connectivity index (χ4n) is 7.80. The Labute approximate surface area is 344 Å². The first kappa shape index (κ1) is 38.8. The molecule has 8 aromatic rings. The van der Waals surface area contributed by atoms with Crippen molar-refractivity contribution in [1.29, 1.82) is 0 Å².